The van der Waals surface area contributed by atoms with E-state index in [1.165, 1.54) is 11.9 Å². The molecule has 0 radical (unpaired) electrons. The molecule has 3 N–H and O–H groups in total. The van der Waals surface area contributed by atoms with Crippen LogP contribution in [0.25, 0.3) is 0 Å². The summed E-state index contributed by atoms with van der Waals surface area (Å²) >= 11 is 0.989. The molecule has 1 rings (SSSR count). The minimum Gasteiger partial charge on any atom is -0.478 e. The van der Waals surface area contributed by atoms with Crippen LogP contribution in [0.4, 0.5) is 5.00 Å². The molecule has 1 aromatic heterocycles. The van der Waals surface area contributed by atoms with Crippen LogP contribution in [0.3, 0.4) is 0 Å². The summed E-state index contributed by atoms with van der Waals surface area (Å²) in [6, 6.07) is -0.654. The maximum absolute atomic E-state index is 12.1. The molecule has 0 aliphatic heterocycles. The molecule has 7 heteroatoms. The number of aryl methyl sites for hydroxylation is 1. The number of carboxylic acid groups (broad SMARTS) is 1. The first kappa shape index (κ1) is 14.6. The Kier molecular flexibility index (Phi) is 4.42. The Morgan fingerprint density at radius 3 is 2.44 bits per heavy atom. The molecule has 0 aromatic carbocycles. The second-order valence-electron chi connectivity index (χ2n) is 4.42. The van der Waals surface area contributed by atoms with Crippen molar-refractivity contribution < 1.29 is 14.7 Å². The first-order valence-corrected chi connectivity index (χ1v) is 6.27. The highest BCUT2D eigenvalue weighted by atomic mass is 32.1. The lowest BCUT2D eigenvalue weighted by Crippen LogP contribution is -2.45. The molecule has 18 heavy (non-hydrogen) atoms. The molecule has 1 heterocycles. The lowest BCUT2D eigenvalue weighted by Gasteiger charge is -2.22. The van der Waals surface area contributed by atoms with E-state index >= 15 is 0 Å². The van der Waals surface area contributed by atoms with E-state index in [9.17, 15) is 9.59 Å². The number of carboxylic acids is 1. The minimum atomic E-state index is -1.09. The lowest BCUT2D eigenvalue weighted by molar-refractivity contribution is -0.120. The molecule has 0 bridgehead atoms. The third-order valence-electron chi connectivity index (χ3n) is 2.70. The van der Waals surface area contributed by atoms with Gasteiger partial charge in [-0.2, -0.15) is 4.37 Å². The lowest BCUT2D eigenvalue weighted by atomic mass is 10.0. The predicted octanol–water partition coefficient (Wildman–Crippen LogP) is 1.10. The Balaban J connectivity index is 3.08. The van der Waals surface area contributed by atoms with Crippen molar-refractivity contribution >= 4 is 28.4 Å². The topological polar surface area (TPSA) is 96.5 Å². The number of aromatic nitrogens is 1. The zero-order chi connectivity index (χ0) is 14.0. The van der Waals surface area contributed by atoms with Gasteiger partial charge in [0, 0.05) is 7.05 Å². The summed E-state index contributed by atoms with van der Waals surface area (Å²) in [5.41, 5.74) is 6.24. The maximum Gasteiger partial charge on any atom is 0.340 e. The fourth-order valence-corrected chi connectivity index (χ4v) is 2.30. The summed E-state index contributed by atoms with van der Waals surface area (Å²) in [5.74, 6) is -1.41. The molecule has 0 aliphatic rings. The summed E-state index contributed by atoms with van der Waals surface area (Å²) < 4.78 is 3.97. The van der Waals surface area contributed by atoms with Crippen LogP contribution in [0, 0.1) is 12.8 Å². The van der Waals surface area contributed by atoms with Gasteiger partial charge in [0.05, 0.1) is 11.7 Å². The number of nitrogens with zero attached hydrogens (tertiary/aromatic N) is 2. The molecule has 0 aliphatic carbocycles. The highest BCUT2D eigenvalue weighted by Crippen LogP contribution is 2.28. The van der Waals surface area contributed by atoms with E-state index in [4.69, 9.17) is 10.8 Å². The van der Waals surface area contributed by atoms with Crippen LogP contribution < -0.4 is 10.6 Å². The molecule has 100 valence electrons. The molecule has 0 spiro atoms. The van der Waals surface area contributed by atoms with Crippen LogP contribution in [0.15, 0.2) is 0 Å². The van der Waals surface area contributed by atoms with Crippen molar-refractivity contribution in [2.75, 3.05) is 11.9 Å². The SMILES string of the molecule is Cc1nsc(N(C)C(=O)[C@H](N)C(C)C)c1C(=O)O. The van der Waals surface area contributed by atoms with Gasteiger partial charge in [-0.1, -0.05) is 13.8 Å². The average molecular weight is 271 g/mol. The monoisotopic (exact) mass is 271 g/mol. The van der Waals surface area contributed by atoms with Gasteiger partial charge in [-0.05, 0) is 24.4 Å². The number of anilines is 1. The maximum atomic E-state index is 12.1. The van der Waals surface area contributed by atoms with Gasteiger partial charge in [-0.25, -0.2) is 4.79 Å². The molecule has 0 unspecified atom stereocenters. The van der Waals surface area contributed by atoms with Gasteiger partial charge in [0.25, 0.3) is 0 Å². The molecule has 6 nitrogen and oxygen atoms in total. The second-order valence-corrected chi connectivity index (χ2v) is 5.17. The predicted molar refractivity (Wildman–Crippen MR) is 70.0 cm³/mol. The molecule has 1 aromatic rings. The van der Waals surface area contributed by atoms with E-state index in [2.05, 4.69) is 4.37 Å². The summed E-state index contributed by atoms with van der Waals surface area (Å²) in [6.45, 7) is 5.28. The number of amides is 1. The molecule has 0 saturated heterocycles. The van der Waals surface area contributed by atoms with Crippen LogP contribution >= 0.6 is 11.5 Å². The Hall–Kier alpha value is -1.47. The van der Waals surface area contributed by atoms with Crippen LogP contribution in [-0.2, 0) is 4.79 Å². The van der Waals surface area contributed by atoms with Crippen molar-refractivity contribution in [1.82, 2.24) is 4.37 Å². The van der Waals surface area contributed by atoms with Gasteiger partial charge in [-0.3, -0.25) is 4.79 Å². The third-order valence-corrected chi connectivity index (χ3v) is 3.71. The number of carbonyl (C=O) groups is 2. The number of nitrogens with two attached hydrogens (primary N) is 1. The molecule has 0 saturated carbocycles. The Labute approximate surface area is 110 Å². The average Bonchev–Trinajstić information content (AvgIpc) is 2.68. The summed E-state index contributed by atoms with van der Waals surface area (Å²) in [7, 11) is 1.52. The van der Waals surface area contributed by atoms with E-state index in [1.807, 2.05) is 13.8 Å². The first-order valence-electron chi connectivity index (χ1n) is 5.50. The van der Waals surface area contributed by atoms with E-state index in [1.54, 1.807) is 6.92 Å². The Morgan fingerprint density at radius 1 is 1.44 bits per heavy atom. The smallest absolute Gasteiger partial charge is 0.340 e. The summed E-state index contributed by atoms with van der Waals surface area (Å²) in [6.07, 6.45) is 0. The summed E-state index contributed by atoms with van der Waals surface area (Å²) in [4.78, 5) is 24.5. The second kappa shape index (κ2) is 5.45. The van der Waals surface area contributed by atoms with Crippen LogP contribution in [0.1, 0.15) is 29.9 Å². The highest BCUT2D eigenvalue weighted by molar-refractivity contribution is 7.11. The van der Waals surface area contributed by atoms with E-state index in [0.717, 1.165) is 11.5 Å². The summed E-state index contributed by atoms with van der Waals surface area (Å²) in [5, 5.41) is 9.43. The van der Waals surface area contributed by atoms with E-state index in [-0.39, 0.29) is 17.4 Å². The quantitative estimate of drug-likeness (QED) is 0.854. The van der Waals surface area contributed by atoms with Crippen molar-refractivity contribution in [2.45, 2.75) is 26.8 Å². The number of hydrogen-bond acceptors (Lipinski definition) is 5. The van der Waals surface area contributed by atoms with Crippen LogP contribution in [0.2, 0.25) is 0 Å². The number of carbonyl (C=O) groups excluding carboxylic acids is 1. The zero-order valence-corrected chi connectivity index (χ0v) is 11.6. The van der Waals surface area contributed by atoms with Gasteiger partial charge in [0.1, 0.15) is 10.6 Å². The van der Waals surface area contributed by atoms with Crippen molar-refractivity contribution in [1.29, 1.82) is 0 Å². The van der Waals surface area contributed by atoms with Gasteiger partial charge in [0.2, 0.25) is 5.91 Å². The third kappa shape index (κ3) is 2.68. The molecular formula is C11H17N3O3S. The number of likely N-dealkylation sites (N-methyl/N-ethyl adjacent to an activating group) is 1. The molecule has 1 amide bonds. The molecule has 0 fully saturated rings. The molecular weight excluding hydrogens is 254 g/mol. The van der Waals surface area contributed by atoms with Gasteiger partial charge in [-0.15, -0.1) is 0 Å². The van der Waals surface area contributed by atoms with Gasteiger partial charge < -0.3 is 15.7 Å². The normalized spacial score (nSPS) is 12.6. The van der Waals surface area contributed by atoms with Crippen molar-refractivity contribution in [3.05, 3.63) is 11.3 Å². The van der Waals surface area contributed by atoms with E-state index < -0.39 is 12.0 Å². The van der Waals surface area contributed by atoms with Crippen molar-refractivity contribution in [3.63, 3.8) is 0 Å². The number of hydrogen-bond donors (Lipinski definition) is 2. The minimum absolute atomic E-state index is 0.0118. The Morgan fingerprint density at radius 2 is 2.00 bits per heavy atom. The van der Waals surface area contributed by atoms with Crippen LogP contribution in [0.5, 0.6) is 0 Å². The largest absolute Gasteiger partial charge is 0.478 e. The van der Waals surface area contributed by atoms with E-state index in [0.29, 0.717) is 10.7 Å². The van der Waals surface area contributed by atoms with Crippen molar-refractivity contribution in [2.24, 2.45) is 11.7 Å². The van der Waals surface area contributed by atoms with Crippen molar-refractivity contribution in [3.8, 4) is 0 Å². The highest BCUT2D eigenvalue weighted by Gasteiger charge is 2.28. The standard InChI is InChI=1S/C11H17N3O3S/c1-5(2)8(12)9(15)14(4)10-7(11(16)17)6(3)13-18-10/h5,8H,12H2,1-4H3,(H,16,17)/t8-/m1/s1. The fourth-order valence-electron chi connectivity index (χ4n) is 1.44. The Bertz CT molecular complexity index is 470. The first-order chi connectivity index (χ1) is 8.27. The molecule has 1 atom stereocenters. The number of aromatic carboxylic acids is 1. The number of rotatable bonds is 4. The fraction of sp³-hybridized carbons (Fsp3) is 0.545. The van der Waals surface area contributed by atoms with Gasteiger partial charge in [0.15, 0.2) is 0 Å². The van der Waals surface area contributed by atoms with Crippen LogP contribution in [-0.4, -0.2) is 34.4 Å². The van der Waals surface area contributed by atoms with Gasteiger partial charge >= 0.3 is 5.97 Å². The zero-order valence-electron chi connectivity index (χ0n) is 10.8.